The molecule has 0 atom stereocenters. The van der Waals surface area contributed by atoms with Gasteiger partial charge in [-0.15, -0.1) is 0 Å². The summed E-state index contributed by atoms with van der Waals surface area (Å²) in [4.78, 5) is 16.4. The third-order valence-corrected chi connectivity index (χ3v) is 3.92. The molecular formula is C20H26FN3O. The number of aryl methyl sites for hydroxylation is 1. The van der Waals surface area contributed by atoms with Crippen molar-refractivity contribution in [3.05, 3.63) is 66.0 Å². The van der Waals surface area contributed by atoms with Crippen LogP contribution in [0.2, 0.25) is 0 Å². The number of rotatable bonds is 8. The molecule has 134 valence electrons. The van der Waals surface area contributed by atoms with E-state index in [4.69, 9.17) is 0 Å². The first-order valence-corrected chi connectivity index (χ1v) is 8.55. The maximum atomic E-state index is 13.3. The first kappa shape index (κ1) is 18.9. The number of carbonyl (C=O) groups excluding carboxylic acids is 1. The average Bonchev–Trinajstić information content (AvgIpc) is 2.58. The van der Waals surface area contributed by atoms with Gasteiger partial charge in [0, 0.05) is 25.3 Å². The van der Waals surface area contributed by atoms with E-state index < -0.39 is 0 Å². The highest BCUT2D eigenvalue weighted by Gasteiger charge is 2.14. The summed E-state index contributed by atoms with van der Waals surface area (Å²) in [5.41, 5.74) is 1.74. The Labute approximate surface area is 149 Å². The predicted octanol–water partition coefficient (Wildman–Crippen LogP) is 3.85. The molecular weight excluding hydrogens is 317 g/mol. The van der Waals surface area contributed by atoms with Gasteiger partial charge in [0.25, 0.3) is 0 Å². The molecule has 2 amide bonds. The molecule has 0 saturated carbocycles. The number of hydrogen-bond donors (Lipinski definition) is 1. The number of benzene rings is 2. The van der Waals surface area contributed by atoms with E-state index in [1.54, 1.807) is 17.0 Å². The molecule has 0 unspecified atom stereocenters. The Balaban J connectivity index is 1.92. The van der Waals surface area contributed by atoms with E-state index in [1.165, 1.54) is 17.7 Å². The first-order valence-electron chi connectivity index (χ1n) is 8.55. The van der Waals surface area contributed by atoms with Crippen molar-refractivity contribution in [2.24, 2.45) is 0 Å². The summed E-state index contributed by atoms with van der Waals surface area (Å²) in [7, 11) is 3.96. The van der Waals surface area contributed by atoms with E-state index in [9.17, 15) is 9.18 Å². The maximum Gasteiger partial charge on any atom is 0.321 e. The topological polar surface area (TPSA) is 35.6 Å². The van der Waals surface area contributed by atoms with Crippen molar-refractivity contribution in [1.29, 1.82) is 0 Å². The number of hydrogen-bond acceptors (Lipinski definition) is 2. The van der Waals surface area contributed by atoms with Crippen molar-refractivity contribution >= 4 is 11.7 Å². The number of urea groups is 1. The second-order valence-corrected chi connectivity index (χ2v) is 6.32. The van der Waals surface area contributed by atoms with Crippen molar-refractivity contribution < 1.29 is 9.18 Å². The van der Waals surface area contributed by atoms with Gasteiger partial charge in [-0.25, -0.2) is 9.18 Å². The fraction of sp³-hybridized carbons (Fsp3) is 0.350. The van der Waals surface area contributed by atoms with Crippen LogP contribution in [0.1, 0.15) is 12.0 Å². The molecule has 0 saturated heterocycles. The van der Waals surface area contributed by atoms with Gasteiger partial charge in [-0.3, -0.25) is 0 Å². The van der Waals surface area contributed by atoms with E-state index in [-0.39, 0.29) is 11.8 Å². The lowest BCUT2D eigenvalue weighted by Crippen LogP contribution is -2.40. The summed E-state index contributed by atoms with van der Waals surface area (Å²) in [6, 6.07) is 16.0. The normalized spacial score (nSPS) is 10.7. The summed E-state index contributed by atoms with van der Waals surface area (Å²) in [5.74, 6) is -0.360. The Morgan fingerprint density at radius 1 is 1.00 bits per heavy atom. The zero-order chi connectivity index (χ0) is 18.1. The molecule has 0 radical (unpaired) electrons. The third-order valence-electron chi connectivity index (χ3n) is 3.92. The monoisotopic (exact) mass is 343 g/mol. The predicted molar refractivity (Wildman–Crippen MR) is 100 cm³/mol. The summed E-state index contributed by atoms with van der Waals surface area (Å²) < 4.78 is 13.3. The van der Waals surface area contributed by atoms with Crippen LogP contribution in [0.4, 0.5) is 14.9 Å². The minimum absolute atomic E-state index is 0.194. The number of anilines is 1. The number of nitrogens with one attached hydrogen (secondary N) is 1. The molecule has 1 N–H and O–H groups in total. The quantitative estimate of drug-likeness (QED) is 0.790. The number of likely N-dealkylation sites (N-methyl/N-ethyl adjacent to an activating group) is 1. The maximum absolute atomic E-state index is 13.3. The Kier molecular flexibility index (Phi) is 7.41. The number of amides is 2. The summed E-state index contributed by atoms with van der Waals surface area (Å²) >= 11 is 0. The van der Waals surface area contributed by atoms with Gasteiger partial charge in [-0.1, -0.05) is 36.4 Å². The Hall–Kier alpha value is -2.40. The van der Waals surface area contributed by atoms with Gasteiger partial charge < -0.3 is 15.1 Å². The highest BCUT2D eigenvalue weighted by molar-refractivity contribution is 5.89. The summed E-state index contributed by atoms with van der Waals surface area (Å²) in [5, 5.41) is 2.78. The zero-order valence-electron chi connectivity index (χ0n) is 14.9. The van der Waals surface area contributed by atoms with Crippen LogP contribution in [0.25, 0.3) is 0 Å². The smallest absolute Gasteiger partial charge is 0.321 e. The van der Waals surface area contributed by atoms with Gasteiger partial charge >= 0.3 is 6.03 Å². The molecule has 25 heavy (non-hydrogen) atoms. The summed E-state index contributed by atoms with van der Waals surface area (Å²) in [6.07, 6.45) is 1.81. The molecule has 4 nitrogen and oxygen atoms in total. The van der Waals surface area contributed by atoms with Crippen LogP contribution >= 0.6 is 0 Å². The first-order chi connectivity index (χ1) is 12.0. The SMILES string of the molecule is CN(C)CCN(CCCc1ccccc1)C(=O)Nc1cccc(F)c1. The van der Waals surface area contributed by atoms with E-state index in [2.05, 4.69) is 17.4 Å². The fourth-order valence-corrected chi connectivity index (χ4v) is 2.52. The number of carbonyl (C=O) groups is 1. The van der Waals surface area contributed by atoms with Crippen molar-refractivity contribution in [2.75, 3.05) is 39.0 Å². The lowest BCUT2D eigenvalue weighted by molar-refractivity contribution is 0.204. The van der Waals surface area contributed by atoms with Gasteiger partial charge in [0.1, 0.15) is 5.82 Å². The van der Waals surface area contributed by atoms with E-state index >= 15 is 0 Å². The fourth-order valence-electron chi connectivity index (χ4n) is 2.52. The van der Waals surface area contributed by atoms with Crippen molar-refractivity contribution in [3.8, 4) is 0 Å². The Morgan fingerprint density at radius 3 is 2.44 bits per heavy atom. The van der Waals surface area contributed by atoms with E-state index in [0.717, 1.165) is 19.4 Å². The molecule has 0 spiro atoms. The second kappa shape index (κ2) is 9.79. The van der Waals surface area contributed by atoms with Gasteiger partial charge in [0.15, 0.2) is 0 Å². The lowest BCUT2D eigenvalue weighted by atomic mass is 10.1. The molecule has 0 fully saturated rings. The van der Waals surface area contributed by atoms with Crippen LogP contribution in [0.15, 0.2) is 54.6 Å². The molecule has 0 bridgehead atoms. The van der Waals surface area contributed by atoms with Crippen LogP contribution in [-0.2, 0) is 6.42 Å². The largest absolute Gasteiger partial charge is 0.323 e. The van der Waals surface area contributed by atoms with E-state index in [0.29, 0.717) is 18.8 Å². The van der Waals surface area contributed by atoms with Crippen molar-refractivity contribution in [3.63, 3.8) is 0 Å². The molecule has 0 aliphatic heterocycles. The highest BCUT2D eigenvalue weighted by atomic mass is 19.1. The lowest BCUT2D eigenvalue weighted by Gasteiger charge is -2.25. The van der Waals surface area contributed by atoms with Crippen LogP contribution in [0.5, 0.6) is 0 Å². The second-order valence-electron chi connectivity index (χ2n) is 6.32. The standard InChI is InChI=1S/C20H26FN3O/c1-23(2)14-15-24(13-7-10-17-8-4-3-5-9-17)20(25)22-19-12-6-11-18(21)16-19/h3-6,8-9,11-12,16H,7,10,13-15H2,1-2H3,(H,22,25). The van der Waals surface area contributed by atoms with Crippen LogP contribution < -0.4 is 5.32 Å². The Bertz CT molecular complexity index is 661. The van der Waals surface area contributed by atoms with Gasteiger partial charge in [-0.05, 0) is 50.7 Å². The third kappa shape index (κ3) is 6.93. The molecule has 2 aromatic rings. The van der Waals surface area contributed by atoms with Gasteiger partial charge in [-0.2, -0.15) is 0 Å². The minimum atomic E-state index is -0.360. The molecule has 0 aliphatic carbocycles. The molecule has 0 heterocycles. The average molecular weight is 343 g/mol. The molecule has 0 aliphatic rings. The van der Waals surface area contributed by atoms with Gasteiger partial charge in [0.05, 0.1) is 0 Å². The number of halogens is 1. The van der Waals surface area contributed by atoms with Crippen molar-refractivity contribution in [2.45, 2.75) is 12.8 Å². The van der Waals surface area contributed by atoms with Gasteiger partial charge in [0.2, 0.25) is 0 Å². The van der Waals surface area contributed by atoms with E-state index in [1.807, 2.05) is 37.2 Å². The van der Waals surface area contributed by atoms with Crippen LogP contribution in [-0.4, -0.2) is 49.6 Å². The van der Waals surface area contributed by atoms with Crippen molar-refractivity contribution in [1.82, 2.24) is 9.80 Å². The molecule has 2 rings (SSSR count). The molecule has 5 heteroatoms. The summed E-state index contributed by atoms with van der Waals surface area (Å²) in [6.45, 7) is 2.06. The number of nitrogens with zero attached hydrogens (tertiary/aromatic N) is 2. The molecule has 2 aromatic carbocycles. The highest BCUT2D eigenvalue weighted by Crippen LogP contribution is 2.11. The Morgan fingerprint density at radius 2 is 1.76 bits per heavy atom. The minimum Gasteiger partial charge on any atom is -0.323 e. The van der Waals surface area contributed by atoms with Crippen LogP contribution in [0, 0.1) is 5.82 Å². The molecule has 0 aromatic heterocycles. The van der Waals surface area contributed by atoms with Crippen LogP contribution in [0.3, 0.4) is 0 Å². The zero-order valence-corrected chi connectivity index (χ0v) is 14.9.